The predicted molar refractivity (Wildman–Crippen MR) is 214 cm³/mol. The van der Waals surface area contributed by atoms with Crippen LogP contribution in [-0.4, -0.2) is 13.4 Å². The van der Waals surface area contributed by atoms with Crippen molar-refractivity contribution in [2.45, 2.75) is 103 Å². The van der Waals surface area contributed by atoms with E-state index in [0.29, 0.717) is 0 Å². The molecular weight excluding hydrogens is 570 g/mol. The molecule has 46 heavy (non-hydrogen) atoms. The minimum absolute atomic E-state index is 0.144. The smallest absolute Gasteiger partial charge is 0.163 e. The summed E-state index contributed by atoms with van der Waals surface area (Å²) < 4.78 is 2.81. The van der Waals surface area contributed by atoms with Crippen molar-refractivity contribution in [2.75, 3.05) is 0 Å². The highest BCUT2D eigenvalue weighted by Crippen LogP contribution is 2.25. The highest BCUT2D eigenvalue weighted by Gasteiger charge is 2.34. The molecule has 0 atom stereocenters. The Morgan fingerprint density at radius 2 is 1.17 bits per heavy atom. The summed E-state index contributed by atoms with van der Waals surface area (Å²) in [5.41, 5.74) is 20.3. The summed E-state index contributed by atoms with van der Waals surface area (Å²) in [7, 11) is 0. The Balaban J connectivity index is 2.44. The number of hydrogen-bond acceptors (Lipinski definition) is 1. The van der Waals surface area contributed by atoms with Crippen molar-refractivity contribution in [3.63, 3.8) is 0 Å². The van der Waals surface area contributed by atoms with Gasteiger partial charge in [-0.1, -0.05) is 151 Å². The first-order valence-corrected chi connectivity index (χ1v) is 17.7. The van der Waals surface area contributed by atoms with E-state index in [1.165, 1.54) is 87.1 Å². The molecule has 0 aliphatic rings. The number of rotatable bonds is 12. The minimum atomic E-state index is 0.144. The summed E-state index contributed by atoms with van der Waals surface area (Å²) in [5, 5.41) is 0. The normalized spacial score (nSPS) is 12.5. The molecule has 1 heterocycles. The van der Waals surface area contributed by atoms with E-state index in [1.54, 1.807) is 0 Å². The van der Waals surface area contributed by atoms with Gasteiger partial charge in [0.05, 0.1) is 0 Å². The molecule has 1 aromatic heterocycles. The molecular formula is C43H56B2S. The summed E-state index contributed by atoms with van der Waals surface area (Å²) >= 11 is 2.00. The van der Waals surface area contributed by atoms with Crippen LogP contribution in [0.3, 0.4) is 0 Å². The summed E-state index contributed by atoms with van der Waals surface area (Å²) in [6.07, 6.45) is 8.54. The van der Waals surface area contributed by atoms with E-state index in [0.717, 1.165) is 18.4 Å². The van der Waals surface area contributed by atoms with E-state index in [4.69, 9.17) is 0 Å². The average molecular weight is 627 g/mol. The molecule has 0 saturated carbocycles. The van der Waals surface area contributed by atoms with E-state index >= 15 is 0 Å². The Morgan fingerprint density at radius 3 is 1.59 bits per heavy atom. The third-order valence-corrected chi connectivity index (χ3v) is 10.4. The summed E-state index contributed by atoms with van der Waals surface area (Å²) in [5.74, 6) is 0. The van der Waals surface area contributed by atoms with Gasteiger partial charge in [0.2, 0.25) is 0 Å². The van der Waals surface area contributed by atoms with Crippen LogP contribution in [0.4, 0.5) is 0 Å². The molecule has 0 N–H and O–H groups in total. The molecule has 0 unspecified atom stereocenters. The van der Waals surface area contributed by atoms with E-state index in [2.05, 4.69) is 152 Å². The molecule has 0 radical (unpaired) electrons. The van der Waals surface area contributed by atoms with Gasteiger partial charge in [-0.25, -0.2) is 0 Å². The van der Waals surface area contributed by atoms with Gasteiger partial charge in [-0.3, -0.25) is 0 Å². The van der Waals surface area contributed by atoms with Gasteiger partial charge >= 0.3 is 0 Å². The van der Waals surface area contributed by atoms with Gasteiger partial charge < -0.3 is 0 Å². The Kier molecular flexibility index (Phi) is 12.9. The van der Waals surface area contributed by atoms with Crippen LogP contribution in [-0.2, 0) is 0 Å². The van der Waals surface area contributed by atoms with Crippen LogP contribution in [0.1, 0.15) is 94.7 Å². The maximum atomic E-state index is 4.24. The molecule has 3 heteroatoms. The molecule has 2 aromatic carbocycles. The fraction of sp³-hybridized carbons (Fsp3) is 0.349. The third-order valence-electron chi connectivity index (χ3n) is 9.15. The molecule has 240 valence electrons. The van der Waals surface area contributed by atoms with E-state index < -0.39 is 0 Å². The van der Waals surface area contributed by atoms with Crippen molar-refractivity contribution in [3.05, 3.63) is 140 Å². The largest absolute Gasteiger partial charge is 0.254 e. The third kappa shape index (κ3) is 8.54. The lowest BCUT2D eigenvalue weighted by Crippen LogP contribution is -2.48. The number of allylic oxidation sites excluding steroid dienone is 10. The van der Waals surface area contributed by atoms with Crippen LogP contribution in [0, 0.1) is 41.5 Å². The molecule has 0 amide bonds. The zero-order valence-corrected chi connectivity index (χ0v) is 31.9. The van der Waals surface area contributed by atoms with Crippen molar-refractivity contribution in [3.8, 4) is 0 Å². The van der Waals surface area contributed by atoms with E-state index in [1.807, 2.05) is 17.4 Å². The van der Waals surface area contributed by atoms with E-state index in [9.17, 15) is 0 Å². The van der Waals surface area contributed by atoms with Crippen molar-refractivity contribution in [1.82, 2.24) is 0 Å². The second kappa shape index (κ2) is 16.0. The first kappa shape index (κ1) is 37.2. The lowest BCUT2D eigenvalue weighted by molar-refractivity contribution is 1.14. The Morgan fingerprint density at radius 1 is 0.717 bits per heavy atom. The quantitative estimate of drug-likeness (QED) is 0.107. The molecule has 0 nitrogen and oxygen atoms in total. The van der Waals surface area contributed by atoms with Crippen LogP contribution in [0.15, 0.2) is 107 Å². The highest BCUT2D eigenvalue weighted by molar-refractivity contribution is 7.35. The van der Waals surface area contributed by atoms with Crippen LogP contribution in [0.2, 0.25) is 0 Å². The first-order chi connectivity index (χ1) is 21.6. The topological polar surface area (TPSA) is 0 Å². The zero-order chi connectivity index (χ0) is 34.5. The van der Waals surface area contributed by atoms with Gasteiger partial charge in [0.25, 0.3) is 13.4 Å². The second-order valence-electron chi connectivity index (χ2n) is 13.9. The molecule has 0 aliphatic heterocycles. The summed E-state index contributed by atoms with van der Waals surface area (Å²) in [6.45, 7) is 37.9. The van der Waals surface area contributed by atoms with Crippen molar-refractivity contribution >= 4 is 45.2 Å². The maximum absolute atomic E-state index is 4.24. The number of aryl methyl sites for hydroxylation is 6. The first-order valence-electron chi connectivity index (χ1n) is 16.8. The Hall–Kier alpha value is -3.29. The fourth-order valence-electron chi connectivity index (χ4n) is 7.71. The average Bonchev–Trinajstić information content (AvgIpc) is 3.40. The molecule has 0 spiro atoms. The van der Waals surface area contributed by atoms with Crippen molar-refractivity contribution < 1.29 is 0 Å². The molecule has 0 aliphatic carbocycles. The Labute approximate surface area is 287 Å². The number of benzene rings is 2. The minimum Gasteiger partial charge on any atom is -0.163 e. The van der Waals surface area contributed by atoms with Crippen LogP contribution in [0.25, 0.3) is 0 Å². The zero-order valence-electron chi connectivity index (χ0n) is 31.1. The number of hydrogen-bond donors (Lipinski definition) is 0. The van der Waals surface area contributed by atoms with Crippen LogP contribution in [0.5, 0.6) is 0 Å². The summed E-state index contributed by atoms with van der Waals surface area (Å²) in [4.78, 5) is 0. The monoisotopic (exact) mass is 626 g/mol. The van der Waals surface area contributed by atoms with Gasteiger partial charge in [0.15, 0.2) is 0 Å². The van der Waals surface area contributed by atoms with Crippen LogP contribution < -0.4 is 20.5 Å². The molecule has 0 saturated heterocycles. The predicted octanol–water partition coefficient (Wildman–Crippen LogP) is 10.0. The maximum Gasteiger partial charge on any atom is 0.254 e. The highest BCUT2D eigenvalue weighted by atomic mass is 32.1. The van der Waals surface area contributed by atoms with Crippen molar-refractivity contribution in [1.29, 1.82) is 0 Å². The molecule has 3 aromatic rings. The van der Waals surface area contributed by atoms with Gasteiger partial charge in [0, 0.05) is 0 Å². The SMILES string of the molecule is C=CC/C(C)=C\C(C)=C(/CC)B(c1ccc(B(C(=C(C)C)/C(C)=C\C(=C)C)c2c(C)cc(C)cc2C)s1)c1c(C)cc(C)cc1C. The summed E-state index contributed by atoms with van der Waals surface area (Å²) in [6, 6.07) is 14.3. The van der Waals surface area contributed by atoms with Gasteiger partial charge in [0.1, 0.15) is 0 Å². The molecule has 0 fully saturated rings. The van der Waals surface area contributed by atoms with Gasteiger partial charge in [-0.15, -0.1) is 6.58 Å². The van der Waals surface area contributed by atoms with Gasteiger partial charge in [-0.2, -0.15) is 11.3 Å². The lowest BCUT2D eigenvalue weighted by atomic mass is 9.35. The Bertz CT molecular complexity index is 1700. The number of thiophene rings is 1. The molecule has 3 rings (SSSR count). The molecule has 0 bridgehead atoms. The van der Waals surface area contributed by atoms with Crippen molar-refractivity contribution in [2.24, 2.45) is 0 Å². The van der Waals surface area contributed by atoms with Gasteiger partial charge in [-0.05, 0) is 105 Å². The second-order valence-corrected chi connectivity index (χ2v) is 15.0. The standard InChI is InChI=1S/C43H56B2S/c1-16-18-29(7)22-32(10)38(17-2)44(42-34(12)23-30(8)24-35(42)13)39-19-20-40(46-39)45(41(28(5)6)33(11)21-27(3)4)43-36(14)25-31(9)26-37(43)15/h16,19-26H,1,3,17-18H2,2,4-15H3/b29-22-,33-21-,38-32+. The van der Waals surface area contributed by atoms with Crippen LogP contribution >= 0.6 is 11.3 Å². The van der Waals surface area contributed by atoms with E-state index in [-0.39, 0.29) is 13.4 Å². The fourth-order valence-corrected chi connectivity index (χ4v) is 8.98. The lowest BCUT2D eigenvalue weighted by Gasteiger charge is -2.25.